The number of rotatable bonds is 10. The van der Waals surface area contributed by atoms with E-state index in [2.05, 4.69) is 42.5 Å². The number of nitrogens with two attached hydrogens (primary N) is 1. The molecule has 1 fully saturated rings. The van der Waals surface area contributed by atoms with Crippen molar-refractivity contribution in [1.82, 2.24) is 15.3 Å². The number of ether oxygens (including phenoxy) is 1. The zero-order valence-electron chi connectivity index (χ0n) is 19.4. The number of terminal acetylenes is 1. The molecular weight excluding hydrogens is 524 g/mol. The lowest BCUT2D eigenvalue weighted by Crippen LogP contribution is -2.38. The summed E-state index contributed by atoms with van der Waals surface area (Å²) in [6.45, 7) is 0.0449. The Morgan fingerprint density at radius 3 is 2.72 bits per heavy atom. The number of halogens is 1. The van der Waals surface area contributed by atoms with Crippen LogP contribution in [0.15, 0.2) is 59.2 Å². The first-order chi connectivity index (χ1) is 17.4. The fraction of sp³-hybridized carbons (Fsp3) is 0.231. The highest BCUT2D eigenvalue weighted by Crippen LogP contribution is 2.28. The van der Waals surface area contributed by atoms with Crippen LogP contribution in [0.5, 0.6) is 5.88 Å². The summed E-state index contributed by atoms with van der Waals surface area (Å²) in [6.07, 6.45) is 9.45. The van der Waals surface area contributed by atoms with E-state index in [-0.39, 0.29) is 42.7 Å². The van der Waals surface area contributed by atoms with Gasteiger partial charge in [-0.25, -0.2) is 15.8 Å². The van der Waals surface area contributed by atoms with E-state index in [1.165, 1.54) is 6.20 Å². The summed E-state index contributed by atoms with van der Waals surface area (Å²) in [6, 6.07) is 14.8. The summed E-state index contributed by atoms with van der Waals surface area (Å²) in [4.78, 5) is 34.2. The molecule has 184 valence electrons. The fourth-order valence-electron chi connectivity index (χ4n) is 3.36. The SMILES string of the molecule is C#CCOc1nc(Nc2cc(C(=O)NC3CC3)cc(N(N)C(=O)CCc3ccccc3)c2)ncc1Br. The Hall–Kier alpha value is -3.94. The van der Waals surface area contributed by atoms with Crippen LogP contribution in [0.25, 0.3) is 0 Å². The van der Waals surface area contributed by atoms with Crippen molar-refractivity contribution in [2.24, 2.45) is 5.84 Å². The number of nitrogens with zero attached hydrogens (tertiary/aromatic N) is 3. The first kappa shape index (κ1) is 25.2. The molecule has 0 unspecified atom stereocenters. The molecule has 0 aliphatic heterocycles. The molecule has 1 aliphatic carbocycles. The van der Waals surface area contributed by atoms with Crippen LogP contribution in [-0.2, 0) is 11.2 Å². The molecule has 3 aromatic rings. The van der Waals surface area contributed by atoms with Crippen molar-refractivity contribution >= 4 is 45.1 Å². The molecule has 4 N–H and O–H groups in total. The second-order valence-electron chi connectivity index (χ2n) is 8.23. The summed E-state index contributed by atoms with van der Waals surface area (Å²) >= 11 is 3.32. The number of anilines is 3. The molecule has 10 heteroatoms. The average Bonchev–Trinajstić information content (AvgIpc) is 3.71. The quantitative estimate of drug-likeness (QED) is 0.153. The summed E-state index contributed by atoms with van der Waals surface area (Å²) in [5, 5.41) is 7.07. The third kappa shape index (κ3) is 6.81. The Kier molecular flexibility index (Phi) is 8.15. The third-order valence-corrected chi connectivity index (χ3v) is 5.91. The van der Waals surface area contributed by atoms with Crippen molar-refractivity contribution in [1.29, 1.82) is 0 Å². The zero-order valence-corrected chi connectivity index (χ0v) is 21.0. The Labute approximate surface area is 217 Å². The van der Waals surface area contributed by atoms with Gasteiger partial charge in [0.2, 0.25) is 17.7 Å². The lowest BCUT2D eigenvalue weighted by Gasteiger charge is -2.19. The molecule has 0 saturated heterocycles. The maximum atomic E-state index is 12.9. The van der Waals surface area contributed by atoms with Gasteiger partial charge in [-0.15, -0.1) is 6.42 Å². The van der Waals surface area contributed by atoms with Crippen molar-refractivity contribution in [3.05, 3.63) is 70.3 Å². The predicted octanol–water partition coefficient (Wildman–Crippen LogP) is 3.73. The van der Waals surface area contributed by atoms with Gasteiger partial charge < -0.3 is 15.4 Å². The zero-order chi connectivity index (χ0) is 25.5. The maximum absolute atomic E-state index is 12.9. The molecular formula is C26H25BrN6O3. The van der Waals surface area contributed by atoms with Crippen LogP contribution < -0.4 is 26.2 Å². The number of aryl methyl sites for hydroxylation is 1. The van der Waals surface area contributed by atoms with E-state index in [1.807, 2.05) is 30.3 Å². The van der Waals surface area contributed by atoms with Crippen molar-refractivity contribution in [2.45, 2.75) is 31.7 Å². The van der Waals surface area contributed by atoms with Crippen LogP contribution in [0.1, 0.15) is 35.2 Å². The summed E-state index contributed by atoms with van der Waals surface area (Å²) in [7, 11) is 0. The Balaban J connectivity index is 1.56. The highest BCUT2D eigenvalue weighted by Gasteiger charge is 2.25. The summed E-state index contributed by atoms with van der Waals surface area (Å²) in [5.41, 5.74) is 2.23. The number of benzene rings is 2. The van der Waals surface area contributed by atoms with E-state index in [0.29, 0.717) is 27.8 Å². The molecule has 1 aliphatic rings. The molecule has 36 heavy (non-hydrogen) atoms. The number of aromatic nitrogens is 2. The predicted molar refractivity (Wildman–Crippen MR) is 141 cm³/mol. The van der Waals surface area contributed by atoms with E-state index < -0.39 is 0 Å². The van der Waals surface area contributed by atoms with Gasteiger partial charge in [0.1, 0.15) is 0 Å². The van der Waals surface area contributed by atoms with Gasteiger partial charge in [0.15, 0.2) is 6.61 Å². The van der Waals surface area contributed by atoms with E-state index >= 15 is 0 Å². The first-order valence-corrected chi connectivity index (χ1v) is 12.2. The van der Waals surface area contributed by atoms with E-state index in [0.717, 1.165) is 23.4 Å². The first-order valence-electron chi connectivity index (χ1n) is 11.4. The van der Waals surface area contributed by atoms with Gasteiger partial charge in [0.25, 0.3) is 5.91 Å². The molecule has 1 aromatic heterocycles. The van der Waals surface area contributed by atoms with Gasteiger partial charge in [0.05, 0.1) is 16.4 Å². The molecule has 0 bridgehead atoms. The summed E-state index contributed by atoms with van der Waals surface area (Å²) < 4.78 is 5.96. The molecule has 0 spiro atoms. The van der Waals surface area contributed by atoms with Gasteiger partial charge in [-0.1, -0.05) is 36.3 Å². The number of hydrogen-bond acceptors (Lipinski definition) is 7. The Morgan fingerprint density at radius 2 is 2.00 bits per heavy atom. The van der Waals surface area contributed by atoms with Gasteiger partial charge in [-0.2, -0.15) is 4.98 Å². The average molecular weight is 549 g/mol. The number of hydrazine groups is 1. The monoisotopic (exact) mass is 548 g/mol. The van der Waals surface area contributed by atoms with Crippen LogP contribution in [0, 0.1) is 12.3 Å². The normalized spacial score (nSPS) is 12.4. The van der Waals surface area contributed by atoms with Crippen molar-refractivity contribution < 1.29 is 14.3 Å². The minimum absolute atomic E-state index is 0.0449. The molecule has 0 radical (unpaired) electrons. The lowest BCUT2D eigenvalue weighted by molar-refractivity contribution is -0.118. The van der Waals surface area contributed by atoms with Gasteiger partial charge >= 0.3 is 0 Å². The smallest absolute Gasteiger partial charge is 0.251 e. The number of carbonyl (C=O) groups excluding carboxylic acids is 2. The number of carbonyl (C=O) groups is 2. The van der Waals surface area contributed by atoms with Crippen LogP contribution in [0.4, 0.5) is 17.3 Å². The van der Waals surface area contributed by atoms with Crippen molar-refractivity contribution in [3.8, 4) is 18.2 Å². The van der Waals surface area contributed by atoms with Crippen LogP contribution >= 0.6 is 15.9 Å². The fourth-order valence-corrected chi connectivity index (χ4v) is 3.67. The Bertz CT molecular complexity index is 1290. The molecule has 9 nitrogen and oxygen atoms in total. The van der Waals surface area contributed by atoms with Gasteiger partial charge in [0, 0.05) is 23.7 Å². The van der Waals surface area contributed by atoms with E-state index in [9.17, 15) is 9.59 Å². The molecule has 1 heterocycles. The minimum atomic E-state index is -0.283. The molecule has 2 amide bonds. The number of hydrogen-bond donors (Lipinski definition) is 3. The molecule has 0 atom stereocenters. The van der Waals surface area contributed by atoms with E-state index in [4.69, 9.17) is 17.0 Å². The van der Waals surface area contributed by atoms with E-state index in [1.54, 1.807) is 18.2 Å². The van der Waals surface area contributed by atoms with Crippen LogP contribution in [0.3, 0.4) is 0 Å². The standard InChI is InChI=1S/C26H25BrN6O3/c1-2-12-36-25-22(27)16-29-26(32-25)31-20-13-18(24(35)30-19-9-10-19)14-21(15-20)33(28)23(34)11-8-17-6-4-3-5-7-17/h1,3-7,13-16,19H,8-12,28H2,(H,30,35)(H,29,31,32). The molecule has 4 rings (SSSR count). The largest absolute Gasteiger partial charge is 0.464 e. The second kappa shape index (κ2) is 11.7. The van der Waals surface area contributed by atoms with Crippen LogP contribution in [-0.4, -0.2) is 34.4 Å². The minimum Gasteiger partial charge on any atom is -0.464 e. The van der Waals surface area contributed by atoms with Crippen LogP contribution in [0.2, 0.25) is 0 Å². The number of nitrogens with one attached hydrogen (secondary N) is 2. The highest BCUT2D eigenvalue weighted by atomic mass is 79.9. The van der Waals surface area contributed by atoms with Crippen molar-refractivity contribution in [2.75, 3.05) is 16.9 Å². The highest BCUT2D eigenvalue weighted by molar-refractivity contribution is 9.10. The summed E-state index contributed by atoms with van der Waals surface area (Å²) in [5.74, 6) is 8.53. The number of amides is 2. The maximum Gasteiger partial charge on any atom is 0.251 e. The van der Waals surface area contributed by atoms with Gasteiger partial charge in [-0.3, -0.25) is 9.59 Å². The van der Waals surface area contributed by atoms with Crippen molar-refractivity contribution in [3.63, 3.8) is 0 Å². The Morgan fingerprint density at radius 1 is 1.22 bits per heavy atom. The third-order valence-electron chi connectivity index (χ3n) is 5.37. The second-order valence-corrected chi connectivity index (χ2v) is 9.08. The lowest BCUT2D eigenvalue weighted by atomic mass is 10.1. The topological polar surface area (TPSA) is 122 Å². The molecule has 2 aromatic carbocycles. The van der Waals surface area contributed by atoms with Gasteiger partial charge in [-0.05, 0) is 59.0 Å². The molecule has 1 saturated carbocycles.